The average molecular weight is 636 g/mol. The van der Waals surface area contributed by atoms with E-state index in [1.165, 1.54) is 0 Å². The lowest BCUT2D eigenvalue weighted by atomic mass is 9.89. The first-order valence-electron chi connectivity index (χ1n) is 16.1. The van der Waals surface area contributed by atoms with Crippen LogP contribution in [0.15, 0.2) is 36.0 Å². The van der Waals surface area contributed by atoms with Gasteiger partial charge < -0.3 is 44.2 Å². The van der Waals surface area contributed by atoms with Gasteiger partial charge in [0, 0.05) is 44.6 Å². The van der Waals surface area contributed by atoms with Crippen molar-refractivity contribution in [2.45, 2.75) is 89.8 Å². The Bertz CT molecular complexity index is 1080. The van der Waals surface area contributed by atoms with E-state index in [9.17, 15) is 29.7 Å². The highest BCUT2D eigenvalue weighted by atomic mass is 16.6. The first-order valence-corrected chi connectivity index (χ1v) is 16.1. The van der Waals surface area contributed by atoms with Gasteiger partial charge >= 0.3 is 18.2 Å². The minimum Gasteiger partial charge on any atom is -0.457 e. The van der Waals surface area contributed by atoms with Crippen molar-refractivity contribution in [3.63, 3.8) is 0 Å². The fraction of sp³-hybridized carbons (Fsp3) is 0.727. The maximum atomic E-state index is 13.0. The van der Waals surface area contributed by atoms with Crippen LogP contribution in [0, 0.1) is 11.8 Å². The quantitative estimate of drug-likeness (QED) is 0.165. The molecule has 0 aliphatic carbocycles. The number of carbonyl (C=O) groups is 3. The van der Waals surface area contributed by atoms with Crippen LogP contribution < -0.4 is 0 Å². The summed E-state index contributed by atoms with van der Waals surface area (Å²) in [5, 5.41) is 31.3. The molecule has 0 aromatic rings. The maximum absolute atomic E-state index is 13.0. The van der Waals surface area contributed by atoms with Crippen molar-refractivity contribution in [1.82, 2.24) is 14.7 Å². The summed E-state index contributed by atoms with van der Waals surface area (Å²) >= 11 is 0. The summed E-state index contributed by atoms with van der Waals surface area (Å²) in [4.78, 5) is 43.5. The fourth-order valence-electron chi connectivity index (χ4n) is 5.72. The van der Waals surface area contributed by atoms with Crippen LogP contribution >= 0.6 is 0 Å². The molecule has 0 saturated carbocycles. The number of hydrogen-bond acceptors (Lipinski definition) is 10. The zero-order valence-electron chi connectivity index (χ0n) is 27.5. The van der Waals surface area contributed by atoms with Gasteiger partial charge in [-0.1, -0.05) is 38.2 Å². The van der Waals surface area contributed by atoms with Crippen LogP contribution in [0.1, 0.15) is 59.8 Å². The number of nitrogens with zero attached hydrogens (tertiary/aromatic N) is 3. The van der Waals surface area contributed by atoms with E-state index in [0.29, 0.717) is 19.6 Å². The second kappa shape index (κ2) is 17.1. The smallest absolute Gasteiger partial charge is 0.410 e. The van der Waals surface area contributed by atoms with Crippen LogP contribution in [-0.2, 0) is 19.0 Å². The Kier molecular flexibility index (Phi) is 13.9. The number of aliphatic hydroxyl groups excluding tert-OH is 2. The van der Waals surface area contributed by atoms with Gasteiger partial charge in [0.2, 0.25) is 0 Å². The molecule has 0 unspecified atom stereocenters. The molecule has 3 heterocycles. The van der Waals surface area contributed by atoms with E-state index >= 15 is 0 Å². The van der Waals surface area contributed by atoms with Crippen LogP contribution in [-0.4, -0.2) is 131 Å². The molecule has 12 nitrogen and oxygen atoms in total. The summed E-state index contributed by atoms with van der Waals surface area (Å²) in [6, 6.07) is -0.190. The van der Waals surface area contributed by atoms with E-state index in [1.807, 2.05) is 46.0 Å². The minimum absolute atomic E-state index is 0.0747. The highest BCUT2D eigenvalue weighted by Gasteiger charge is 2.37. The van der Waals surface area contributed by atoms with Gasteiger partial charge in [0.15, 0.2) is 6.10 Å². The van der Waals surface area contributed by atoms with Gasteiger partial charge in [0.25, 0.3) is 0 Å². The van der Waals surface area contributed by atoms with Crippen LogP contribution in [0.4, 0.5) is 9.59 Å². The molecule has 0 bridgehead atoms. The highest BCUT2D eigenvalue weighted by molar-refractivity contribution is 5.70. The predicted octanol–water partition coefficient (Wildman–Crippen LogP) is 2.87. The number of aliphatic hydroxyl groups is 3. The van der Waals surface area contributed by atoms with Gasteiger partial charge in [-0.25, -0.2) is 9.59 Å². The largest absolute Gasteiger partial charge is 0.457 e. The number of esters is 1. The third-order valence-corrected chi connectivity index (χ3v) is 8.85. The molecule has 0 radical (unpaired) electrons. The Labute approximate surface area is 267 Å². The number of hydrogen-bond donors (Lipinski definition) is 3. The molecule has 7 atom stereocenters. The molecule has 0 aromatic heterocycles. The van der Waals surface area contributed by atoms with E-state index in [1.54, 1.807) is 28.9 Å². The molecule has 45 heavy (non-hydrogen) atoms. The first-order chi connectivity index (χ1) is 21.3. The zero-order chi connectivity index (χ0) is 33.1. The standard InChI is InChI=1S/C33H53N3O9/c1-23(22-43-32(41)36-15-7-10-26(36)21-37)8-6-9-24(2)30-25(3)11-12-28(44-31(40)35-18-16-34(5)17-19-35)33(4,42)14-13-27(38)20-29(39)45-30/h6,8-9,11-12,23,25-28,30,37-38,42H,7,10,13-22H2,1-5H3/b8-6+,12-11-,24-9+/t23-,25+,26-,27+,28+,30-,33+/m1/s1. The van der Waals surface area contributed by atoms with E-state index in [2.05, 4.69) is 4.90 Å². The van der Waals surface area contributed by atoms with Crippen LogP contribution in [0.25, 0.3) is 0 Å². The normalized spacial score (nSPS) is 32.4. The Morgan fingerprint density at radius 1 is 1.16 bits per heavy atom. The van der Waals surface area contributed by atoms with E-state index in [4.69, 9.17) is 14.2 Å². The van der Waals surface area contributed by atoms with Gasteiger partial charge in [-0.3, -0.25) is 4.79 Å². The lowest BCUT2D eigenvalue weighted by molar-refractivity contribution is -0.151. The second-order valence-electron chi connectivity index (χ2n) is 13.0. The molecule has 3 aliphatic rings. The van der Waals surface area contributed by atoms with Gasteiger partial charge in [-0.2, -0.15) is 0 Å². The molecule has 3 rings (SSSR count). The summed E-state index contributed by atoms with van der Waals surface area (Å²) in [5.41, 5.74) is -0.730. The Hall–Kier alpha value is -2.93. The van der Waals surface area contributed by atoms with Crippen LogP contribution in [0.5, 0.6) is 0 Å². The van der Waals surface area contributed by atoms with E-state index in [-0.39, 0.29) is 50.4 Å². The number of likely N-dealkylation sites (N-methyl/N-ethyl adjacent to an activating group) is 1. The molecular formula is C33H53N3O9. The van der Waals surface area contributed by atoms with Crippen molar-refractivity contribution in [1.29, 1.82) is 0 Å². The van der Waals surface area contributed by atoms with Gasteiger partial charge in [0.1, 0.15) is 11.7 Å². The highest BCUT2D eigenvalue weighted by Crippen LogP contribution is 2.27. The van der Waals surface area contributed by atoms with Crippen molar-refractivity contribution in [2.75, 3.05) is 53.0 Å². The molecule has 3 N–H and O–H groups in total. The van der Waals surface area contributed by atoms with Crippen molar-refractivity contribution >= 4 is 18.2 Å². The molecule has 2 amide bonds. The van der Waals surface area contributed by atoms with Crippen LogP contribution in [0.3, 0.4) is 0 Å². The van der Waals surface area contributed by atoms with Crippen molar-refractivity contribution in [3.05, 3.63) is 36.0 Å². The molecule has 3 aliphatic heterocycles. The topological polar surface area (TPSA) is 149 Å². The van der Waals surface area contributed by atoms with Crippen LogP contribution in [0.2, 0.25) is 0 Å². The maximum Gasteiger partial charge on any atom is 0.410 e. The molecule has 0 aromatic carbocycles. The number of allylic oxidation sites excluding steroid dienone is 2. The SMILES string of the molecule is C/C(=C\C=C\[C@@H](C)COC(=O)N1CCC[C@@H]1CO)[C@H]1OC(=O)C[C@@H](O)CC[C@](C)(O)[C@@H](OC(=O)N2CCN(C)CC2)/C=C\[C@@H]1C. The fourth-order valence-corrected chi connectivity index (χ4v) is 5.72. The van der Waals surface area contributed by atoms with Gasteiger partial charge in [0.05, 0.1) is 31.8 Å². The molecule has 12 heteroatoms. The summed E-state index contributed by atoms with van der Waals surface area (Å²) < 4.78 is 17.1. The molecule has 2 fully saturated rings. The summed E-state index contributed by atoms with van der Waals surface area (Å²) in [7, 11) is 1.99. The van der Waals surface area contributed by atoms with Gasteiger partial charge in [-0.15, -0.1) is 0 Å². The van der Waals surface area contributed by atoms with Gasteiger partial charge in [-0.05, 0) is 58.2 Å². The summed E-state index contributed by atoms with van der Waals surface area (Å²) in [6.45, 7) is 10.4. The Morgan fingerprint density at radius 3 is 2.56 bits per heavy atom. The molecule has 254 valence electrons. The zero-order valence-corrected chi connectivity index (χ0v) is 27.5. The minimum atomic E-state index is -1.47. The summed E-state index contributed by atoms with van der Waals surface area (Å²) in [6.07, 6.45) is 6.98. The number of carbonyl (C=O) groups excluding carboxylic acids is 3. The first kappa shape index (κ1) is 36.5. The number of amides is 2. The average Bonchev–Trinajstić information content (AvgIpc) is 3.48. The summed E-state index contributed by atoms with van der Waals surface area (Å²) in [5.74, 6) is -0.988. The number of ether oxygens (including phenoxy) is 3. The lowest BCUT2D eigenvalue weighted by Crippen LogP contribution is -2.50. The number of likely N-dealkylation sites (tertiary alicyclic amines) is 1. The predicted molar refractivity (Wildman–Crippen MR) is 168 cm³/mol. The van der Waals surface area contributed by atoms with Crippen molar-refractivity contribution in [2.24, 2.45) is 11.8 Å². The second-order valence-corrected chi connectivity index (χ2v) is 13.0. The van der Waals surface area contributed by atoms with E-state index in [0.717, 1.165) is 31.5 Å². The lowest BCUT2D eigenvalue weighted by Gasteiger charge is -2.36. The monoisotopic (exact) mass is 635 g/mol. The third kappa shape index (κ3) is 11.1. The van der Waals surface area contributed by atoms with E-state index < -0.39 is 42.1 Å². The molecule has 2 saturated heterocycles. The molecule has 0 spiro atoms. The Balaban J connectivity index is 1.70. The van der Waals surface area contributed by atoms with Crippen molar-refractivity contribution < 1.29 is 43.9 Å². The molecular weight excluding hydrogens is 582 g/mol. The van der Waals surface area contributed by atoms with Crippen molar-refractivity contribution in [3.8, 4) is 0 Å². The number of rotatable bonds is 7. The third-order valence-electron chi connectivity index (χ3n) is 8.85. The Morgan fingerprint density at radius 2 is 1.87 bits per heavy atom. The number of piperazine rings is 1. The number of cyclic esters (lactones) is 1.